The van der Waals surface area contributed by atoms with Crippen LogP contribution in [0.4, 0.5) is 10.6 Å². The molecule has 3 heterocycles. The molecular weight excluding hydrogens is 476 g/mol. The minimum absolute atomic E-state index is 0.0146. The molecule has 1 aliphatic heterocycles. The molecule has 3 atom stereocenters. The number of ether oxygens (including phenoxy) is 3. The second-order valence-corrected chi connectivity index (χ2v) is 15.4. The lowest BCUT2D eigenvalue weighted by atomic mass is 9.99. The molecule has 0 radical (unpaired) electrons. The van der Waals surface area contributed by atoms with Crippen LogP contribution in [-0.4, -0.2) is 53.4 Å². The Morgan fingerprint density at radius 3 is 2.71 bits per heavy atom. The lowest BCUT2D eigenvalue weighted by Crippen LogP contribution is -2.50. The van der Waals surface area contributed by atoms with Crippen LogP contribution in [0.25, 0.3) is 11.0 Å². The smallest absolute Gasteiger partial charge is 0.432 e. The van der Waals surface area contributed by atoms with Gasteiger partial charge in [-0.3, -0.25) is 0 Å². The summed E-state index contributed by atoms with van der Waals surface area (Å²) < 4.78 is 25.5. The van der Waals surface area contributed by atoms with Crippen LogP contribution in [0.3, 0.4) is 0 Å². The quantitative estimate of drug-likeness (QED) is 0.253. The summed E-state index contributed by atoms with van der Waals surface area (Å²) in [6, 6.07) is 1.77. The molecule has 2 aromatic rings. The van der Waals surface area contributed by atoms with E-state index in [4.69, 9.17) is 42.4 Å². The maximum Gasteiger partial charge on any atom is 0.508 e. The van der Waals surface area contributed by atoms with E-state index in [-0.39, 0.29) is 35.3 Å². The van der Waals surface area contributed by atoms with Gasteiger partial charge in [0.1, 0.15) is 17.7 Å². The van der Waals surface area contributed by atoms with Crippen LogP contribution in [0.1, 0.15) is 47.3 Å². The first kappa shape index (κ1) is 26.3. The van der Waals surface area contributed by atoms with Crippen LogP contribution >= 0.6 is 11.6 Å². The van der Waals surface area contributed by atoms with Crippen LogP contribution in [0.2, 0.25) is 23.4 Å². The third kappa shape index (κ3) is 5.17. The summed E-state index contributed by atoms with van der Waals surface area (Å²) in [6.45, 7) is 14.2. The summed E-state index contributed by atoms with van der Waals surface area (Å²) in [5, 5.41) is 0.594. The van der Waals surface area contributed by atoms with Gasteiger partial charge in [0.05, 0.1) is 18.1 Å². The van der Waals surface area contributed by atoms with E-state index in [1.807, 2.05) is 0 Å². The fourth-order valence-corrected chi connectivity index (χ4v) is 4.63. The van der Waals surface area contributed by atoms with Gasteiger partial charge in [0, 0.05) is 12.6 Å². The molecule has 1 fully saturated rings. The Hall–Kier alpha value is -2.32. The number of hydrogen-bond acceptors (Lipinski definition) is 8. The zero-order chi connectivity index (χ0) is 25.5. The van der Waals surface area contributed by atoms with Gasteiger partial charge in [-0.05, 0) is 49.6 Å². The Bertz CT molecular complexity index is 1110. The van der Waals surface area contributed by atoms with E-state index in [9.17, 15) is 4.79 Å². The van der Waals surface area contributed by atoms with E-state index in [0.717, 1.165) is 0 Å². The van der Waals surface area contributed by atoms with Crippen LogP contribution in [0, 0.1) is 12.3 Å². The molecule has 11 heteroatoms. The molecule has 0 aliphatic carbocycles. The number of halogens is 1. The Morgan fingerprint density at radius 1 is 1.44 bits per heavy atom. The Balaban J connectivity index is 1.97. The minimum Gasteiger partial charge on any atom is -0.432 e. The number of nitrogens with zero attached hydrogens (tertiary/aromatic N) is 3. The molecule has 0 saturated carbocycles. The van der Waals surface area contributed by atoms with E-state index >= 15 is 0 Å². The van der Waals surface area contributed by atoms with Gasteiger partial charge < -0.3 is 28.9 Å². The van der Waals surface area contributed by atoms with Gasteiger partial charge in [0.2, 0.25) is 5.28 Å². The van der Waals surface area contributed by atoms with Crippen molar-refractivity contribution in [2.45, 2.75) is 83.2 Å². The molecule has 2 aromatic heterocycles. The number of rotatable bonds is 6. The zero-order valence-electron chi connectivity index (χ0n) is 20.7. The summed E-state index contributed by atoms with van der Waals surface area (Å²) in [5.41, 5.74) is 5.17. The molecule has 3 rings (SSSR count). The summed E-state index contributed by atoms with van der Waals surface area (Å²) in [7, 11) is -2.19. The topological polar surface area (TPSA) is 111 Å². The molecule has 9 nitrogen and oxygen atoms in total. The molecule has 0 amide bonds. The third-order valence-electron chi connectivity index (χ3n) is 6.43. The van der Waals surface area contributed by atoms with E-state index in [2.05, 4.69) is 49.8 Å². The molecule has 34 heavy (non-hydrogen) atoms. The van der Waals surface area contributed by atoms with Gasteiger partial charge in [-0.1, -0.05) is 26.7 Å². The summed E-state index contributed by atoms with van der Waals surface area (Å²) in [4.78, 5) is 20.7. The maximum atomic E-state index is 12.4. The first-order chi connectivity index (χ1) is 15.7. The van der Waals surface area contributed by atoms with Crippen molar-refractivity contribution in [1.29, 1.82) is 0 Å². The van der Waals surface area contributed by atoms with Crippen LogP contribution in [0.15, 0.2) is 12.3 Å². The SMILES string of the molecule is C#C[C@]1(CO[Si](C)(C)C(C)(C)C)O[C@@H](n2ccc3c(N)nc(Cl)nc32)C[C@@H]1OC(=O)OC(C)C. The van der Waals surface area contributed by atoms with E-state index in [0.29, 0.717) is 11.0 Å². The van der Waals surface area contributed by atoms with Crippen molar-refractivity contribution in [3.63, 3.8) is 0 Å². The van der Waals surface area contributed by atoms with Crippen molar-refractivity contribution in [2.24, 2.45) is 0 Å². The number of nitrogens with two attached hydrogens (primary N) is 1. The van der Waals surface area contributed by atoms with Crippen molar-refractivity contribution < 1.29 is 23.4 Å². The van der Waals surface area contributed by atoms with Gasteiger partial charge in [-0.15, -0.1) is 6.42 Å². The molecule has 1 aliphatic rings. The van der Waals surface area contributed by atoms with Crippen LogP contribution in [0.5, 0.6) is 0 Å². The summed E-state index contributed by atoms with van der Waals surface area (Å²) in [6.07, 6.45) is 5.44. The van der Waals surface area contributed by atoms with Crippen LogP contribution < -0.4 is 5.73 Å². The van der Waals surface area contributed by atoms with Gasteiger partial charge in [0.15, 0.2) is 20.0 Å². The average Bonchev–Trinajstić information content (AvgIpc) is 3.27. The predicted molar refractivity (Wildman–Crippen MR) is 133 cm³/mol. The fraction of sp³-hybridized carbons (Fsp3) is 0.609. The number of carbonyl (C=O) groups is 1. The Morgan fingerprint density at radius 2 is 2.12 bits per heavy atom. The first-order valence-electron chi connectivity index (χ1n) is 11.2. The maximum absolute atomic E-state index is 12.4. The molecule has 0 aromatic carbocycles. The number of fused-ring (bicyclic) bond motifs is 1. The second-order valence-electron chi connectivity index (χ2n) is 10.3. The number of anilines is 1. The minimum atomic E-state index is -2.19. The molecule has 0 unspecified atom stereocenters. The van der Waals surface area contributed by atoms with E-state index < -0.39 is 32.4 Å². The highest BCUT2D eigenvalue weighted by Gasteiger charge is 2.53. The zero-order valence-corrected chi connectivity index (χ0v) is 22.5. The molecule has 0 spiro atoms. The predicted octanol–water partition coefficient (Wildman–Crippen LogP) is 4.91. The molecular formula is C23H33ClN4O5Si. The Labute approximate surface area is 206 Å². The lowest BCUT2D eigenvalue weighted by molar-refractivity contribution is -0.0966. The van der Waals surface area contributed by atoms with Crippen molar-refractivity contribution in [2.75, 3.05) is 12.3 Å². The first-order valence-corrected chi connectivity index (χ1v) is 14.4. The van der Waals surface area contributed by atoms with E-state index in [1.165, 1.54) is 0 Å². The van der Waals surface area contributed by atoms with Gasteiger partial charge in [-0.2, -0.15) is 4.98 Å². The Kier molecular flexibility index (Phi) is 7.25. The lowest BCUT2D eigenvalue weighted by Gasteiger charge is -2.39. The standard InChI is InChI=1S/C23H33ClN4O5Si/c1-9-23(13-30-34(7,8)22(4,5)6)16(32-21(29)31-14(2)3)12-17(33-23)28-11-10-15-18(25)26-20(24)27-19(15)28/h1,10-11,14,16-17H,12-13H2,2-8H3,(H2,25,26,27)/t16-,17+,23+/m0/s1. The number of terminal acetylenes is 1. The number of aromatic nitrogens is 3. The van der Waals surface area contributed by atoms with E-state index in [1.54, 1.807) is 30.7 Å². The molecule has 1 saturated heterocycles. The van der Waals surface area contributed by atoms with Gasteiger partial charge in [-0.25, -0.2) is 9.78 Å². The number of nitrogen functional groups attached to an aromatic ring is 1. The highest BCUT2D eigenvalue weighted by molar-refractivity contribution is 6.74. The molecule has 0 bridgehead atoms. The second kappa shape index (κ2) is 9.38. The summed E-state index contributed by atoms with van der Waals surface area (Å²) >= 11 is 6.04. The van der Waals surface area contributed by atoms with Crippen molar-refractivity contribution in [3.8, 4) is 12.3 Å². The van der Waals surface area contributed by atoms with Crippen LogP contribution in [-0.2, 0) is 18.6 Å². The largest absolute Gasteiger partial charge is 0.508 e. The monoisotopic (exact) mass is 508 g/mol. The highest BCUT2D eigenvalue weighted by Crippen LogP contribution is 2.43. The third-order valence-corrected chi connectivity index (χ3v) is 11.1. The molecule has 186 valence electrons. The highest BCUT2D eigenvalue weighted by atomic mass is 35.5. The fourth-order valence-electron chi connectivity index (χ4n) is 3.45. The number of carbonyl (C=O) groups excluding carboxylic acids is 1. The van der Waals surface area contributed by atoms with Crippen molar-refractivity contribution >= 4 is 42.9 Å². The summed E-state index contributed by atoms with van der Waals surface area (Å²) in [5.74, 6) is 2.97. The van der Waals surface area contributed by atoms with Crippen molar-refractivity contribution in [3.05, 3.63) is 17.5 Å². The van der Waals surface area contributed by atoms with Gasteiger partial charge >= 0.3 is 6.16 Å². The number of hydrogen-bond donors (Lipinski definition) is 1. The average molecular weight is 509 g/mol. The normalized spacial score (nSPS) is 23.3. The van der Waals surface area contributed by atoms with Gasteiger partial charge in [0.25, 0.3) is 0 Å². The van der Waals surface area contributed by atoms with Crippen molar-refractivity contribution in [1.82, 2.24) is 14.5 Å². The molecule has 2 N–H and O–H groups in total.